The Bertz CT molecular complexity index is 1080. The van der Waals surface area contributed by atoms with E-state index < -0.39 is 0 Å². The summed E-state index contributed by atoms with van der Waals surface area (Å²) in [6.45, 7) is 0. The highest BCUT2D eigenvalue weighted by Crippen LogP contribution is 2.38. The van der Waals surface area contributed by atoms with Gasteiger partial charge in [-0.1, -0.05) is 6.07 Å². The Labute approximate surface area is 163 Å². The molecule has 0 atom stereocenters. The van der Waals surface area contributed by atoms with Crippen LogP contribution in [0.15, 0.2) is 47.2 Å². The lowest BCUT2D eigenvalue weighted by molar-refractivity contribution is 0.102. The first kappa shape index (κ1) is 16.3. The molecule has 0 aliphatic heterocycles. The van der Waals surface area contributed by atoms with Crippen LogP contribution in [0.3, 0.4) is 0 Å². The third-order valence-corrected chi connectivity index (χ3v) is 6.22. The zero-order valence-electron chi connectivity index (χ0n) is 14.2. The second kappa shape index (κ2) is 6.71. The Kier molecular flexibility index (Phi) is 4.06. The molecule has 1 fully saturated rings. The summed E-state index contributed by atoms with van der Waals surface area (Å²) in [6.07, 6.45) is 2.37. The minimum absolute atomic E-state index is 0.212. The maximum Gasteiger partial charge on any atom is 0.275 e. The van der Waals surface area contributed by atoms with Gasteiger partial charge >= 0.3 is 0 Å². The van der Waals surface area contributed by atoms with Crippen LogP contribution in [0.1, 0.15) is 35.1 Å². The number of hydrogen-bond acceptors (Lipinski definition) is 6. The molecule has 8 heteroatoms. The van der Waals surface area contributed by atoms with Crippen molar-refractivity contribution in [1.82, 2.24) is 20.2 Å². The minimum Gasteiger partial charge on any atom is -0.321 e. The van der Waals surface area contributed by atoms with E-state index >= 15 is 0 Å². The fourth-order valence-corrected chi connectivity index (χ4v) is 4.35. The van der Waals surface area contributed by atoms with Crippen molar-refractivity contribution >= 4 is 34.3 Å². The lowest BCUT2D eigenvalue weighted by Gasteiger charge is -2.03. The molecule has 1 aromatic carbocycles. The summed E-state index contributed by atoms with van der Waals surface area (Å²) >= 11 is 3.09. The second-order valence-corrected chi connectivity index (χ2v) is 8.17. The van der Waals surface area contributed by atoms with Gasteiger partial charge in [-0.15, -0.1) is 22.7 Å². The molecule has 0 radical (unpaired) electrons. The predicted octanol–water partition coefficient (Wildman–Crippen LogP) is 4.79. The Hall–Kier alpha value is -2.84. The van der Waals surface area contributed by atoms with Crippen molar-refractivity contribution in [3.05, 3.63) is 58.7 Å². The molecule has 3 heterocycles. The Balaban J connectivity index is 1.28. The molecule has 1 aliphatic rings. The number of anilines is 1. The van der Waals surface area contributed by atoms with Crippen molar-refractivity contribution in [2.75, 3.05) is 5.32 Å². The molecule has 1 saturated carbocycles. The van der Waals surface area contributed by atoms with Crippen molar-refractivity contribution in [3.8, 4) is 21.3 Å². The maximum absolute atomic E-state index is 12.4. The van der Waals surface area contributed by atoms with E-state index in [9.17, 15) is 4.79 Å². The molecule has 3 aromatic heterocycles. The number of rotatable bonds is 5. The minimum atomic E-state index is -0.212. The molecule has 134 valence electrons. The van der Waals surface area contributed by atoms with Crippen LogP contribution in [0.5, 0.6) is 0 Å². The van der Waals surface area contributed by atoms with E-state index in [-0.39, 0.29) is 5.91 Å². The van der Waals surface area contributed by atoms with Gasteiger partial charge in [-0.25, -0.2) is 9.97 Å². The van der Waals surface area contributed by atoms with Gasteiger partial charge in [-0.05, 0) is 48.6 Å². The summed E-state index contributed by atoms with van der Waals surface area (Å²) in [6, 6.07) is 11.5. The molecule has 5 rings (SSSR count). The average Bonchev–Trinajstić information content (AvgIpc) is 3.14. The molecule has 0 bridgehead atoms. The quantitative estimate of drug-likeness (QED) is 0.511. The number of thiazole rings is 1. The molecule has 1 amide bonds. The molecule has 2 N–H and O–H groups in total. The summed E-state index contributed by atoms with van der Waals surface area (Å²) < 4.78 is 0. The molecule has 0 unspecified atom stereocenters. The molecular formula is C19H15N5OS2. The van der Waals surface area contributed by atoms with E-state index in [4.69, 9.17) is 0 Å². The number of benzene rings is 1. The first-order chi connectivity index (χ1) is 13.3. The zero-order valence-corrected chi connectivity index (χ0v) is 15.8. The summed E-state index contributed by atoms with van der Waals surface area (Å²) in [5.74, 6) is 1.99. The van der Waals surface area contributed by atoms with Gasteiger partial charge in [0.1, 0.15) is 16.5 Å². The summed E-state index contributed by atoms with van der Waals surface area (Å²) in [5, 5.41) is 14.8. The number of aromatic amines is 1. The van der Waals surface area contributed by atoms with E-state index in [1.807, 2.05) is 41.8 Å². The van der Waals surface area contributed by atoms with Gasteiger partial charge < -0.3 is 5.32 Å². The number of thiophene rings is 1. The number of aromatic nitrogens is 4. The Morgan fingerprint density at radius 1 is 1.11 bits per heavy atom. The SMILES string of the molecule is O=C(Nc1ccc(-c2n[nH]c(C3CC3)n2)cc1)c1csc(-c2cccs2)n1. The van der Waals surface area contributed by atoms with E-state index in [2.05, 4.69) is 25.5 Å². The summed E-state index contributed by atoms with van der Waals surface area (Å²) in [4.78, 5) is 22.5. The normalized spacial score (nSPS) is 13.6. The van der Waals surface area contributed by atoms with Crippen LogP contribution in [-0.2, 0) is 0 Å². The van der Waals surface area contributed by atoms with E-state index in [1.54, 1.807) is 16.7 Å². The number of amides is 1. The number of H-pyrrole nitrogens is 1. The standard InChI is InChI=1S/C19H15N5OS2/c25-18(14-10-27-19(21-14)15-2-1-9-26-15)20-13-7-5-12(6-8-13)17-22-16(23-24-17)11-3-4-11/h1-2,5-11H,3-4H2,(H,20,25)(H,22,23,24). The average molecular weight is 393 g/mol. The topological polar surface area (TPSA) is 83.6 Å². The number of carbonyl (C=O) groups is 1. The summed E-state index contributed by atoms with van der Waals surface area (Å²) in [7, 11) is 0. The van der Waals surface area contributed by atoms with Gasteiger partial charge in [0.2, 0.25) is 0 Å². The molecule has 4 aromatic rings. The number of nitrogens with one attached hydrogen (secondary N) is 2. The fraction of sp³-hybridized carbons (Fsp3) is 0.158. The van der Waals surface area contributed by atoms with Crippen LogP contribution in [0.2, 0.25) is 0 Å². The van der Waals surface area contributed by atoms with E-state index in [1.165, 1.54) is 24.2 Å². The van der Waals surface area contributed by atoms with Crippen LogP contribution in [-0.4, -0.2) is 26.1 Å². The highest BCUT2D eigenvalue weighted by atomic mass is 32.1. The van der Waals surface area contributed by atoms with E-state index in [0.29, 0.717) is 23.1 Å². The van der Waals surface area contributed by atoms with Crippen molar-refractivity contribution in [1.29, 1.82) is 0 Å². The smallest absolute Gasteiger partial charge is 0.275 e. The van der Waals surface area contributed by atoms with Crippen LogP contribution >= 0.6 is 22.7 Å². The summed E-state index contributed by atoms with van der Waals surface area (Å²) in [5.41, 5.74) is 2.06. The first-order valence-corrected chi connectivity index (χ1v) is 10.4. The van der Waals surface area contributed by atoms with Gasteiger partial charge in [0.05, 0.1) is 4.88 Å². The molecule has 6 nitrogen and oxygen atoms in total. The lowest BCUT2D eigenvalue weighted by atomic mass is 10.2. The van der Waals surface area contributed by atoms with Crippen LogP contribution < -0.4 is 5.32 Å². The van der Waals surface area contributed by atoms with Crippen molar-refractivity contribution in [3.63, 3.8) is 0 Å². The first-order valence-electron chi connectivity index (χ1n) is 8.60. The van der Waals surface area contributed by atoms with Crippen molar-refractivity contribution < 1.29 is 4.79 Å². The van der Waals surface area contributed by atoms with Crippen molar-refractivity contribution in [2.45, 2.75) is 18.8 Å². The van der Waals surface area contributed by atoms with Crippen LogP contribution in [0.4, 0.5) is 5.69 Å². The highest BCUT2D eigenvalue weighted by Gasteiger charge is 2.27. The number of hydrogen-bond donors (Lipinski definition) is 2. The van der Waals surface area contributed by atoms with Gasteiger partial charge in [-0.3, -0.25) is 9.89 Å². The molecule has 0 saturated heterocycles. The van der Waals surface area contributed by atoms with Gasteiger partial charge in [0, 0.05) is 22.5 Å². The third kappa shape index (κ3) is 3.41. The molecular weight excluding hydrogens is 378 g/mol. The largest absolute Gasteiger partial charge is 0.321 e. The van der Waals surface area contributed by atoms with Crippen molar-refractivity contribution in [2.24, 2.45) is 0 Å². The Morgan fingerprint density at radius 3 is 2.70 bits per heavy atom. The molecule has 0 spiro atoms. The monoisotopic (exact) mass is 393 g/mol. The van der Waals surface area contributed by atoms with Crippen LogP contribution in [0, 0.1) is 0 Å². The Morgan fingerprint density at radius 2 is 1.96 bits per heavy atom. The van der Waals surface area contributed by atoms with Crippen LogP contribution in [0.25, 0.3) is 21.3 Å². The molecule has 27 heavy (non-hydrogen) atoms. The second-order valence-electron chi connectivity index (χ2n) is 6.37. The van der Waals surface area contributed by atoms with Gasteiger partial charge in [0.25, 0.3) is 5.91 Å². The lowest BCUT2D eigenvalue weighted by Crippen LogP contribution is -2.12. The van der Waals surface area contributed by atoms with E-state index in [0.717, 1.165) is 21.3 Å². The maximum atomic E-state index is 12.4. The number of nitrogens with zero attached hydrogens (tertiary/aromatic N) is 3. The molecule has 1 aliphatic carbocycles. The van der Waals surface area contributed by atoms with Gasteiger partial charge in [-0.2, -0.15) is 5.10 Å². The van der Waals surface area contributed by atoms with Gasteiger partial charge in [0.15, 0.2) is 5.82 Å². The predicted molar refractivity (Wildman–Crippen MR) is 107 cm³/mol. The zero-order chi connectivity index (χ0) is 18.2. The highest BCUT2D eigenvalue weighted by molar-refractivity contribution is 7.20. The third-order valence-electron chi connectivity index (χ3n) is 4.34. The number of carbonyl (C=O) groups excluding carboxylic acids is 1. The fourth-order valence-electron chi connectivity index (χ4n) is 2.73.